The summed E-state index contributed by atoms with van der Waals surface area (Å²) in [6.45, 7) is 0.839. The largest absolute Gasteiger partial charge is 0.303 e. The van der Waals surface area contributed by atoms with Crippen molar-refractivity contribution in [1.29, 1.82) is 0 Å². The van der Waals surface area contributed by atoms with Crippen molar-refractivity contribution in [2.24, 2.45) is 0 Å². The third kappa shape index (κ3) is 6.21. The van der Waals surface area contributed by atoms with Crippen LogP contribution in [0.2, 0.25) is 0 Å². The lowest BCUT2D eigenvalue weighted by molar-refractivity contribution is -0.107. The van der Waals surface area contributed by atoms with Crippen molar-refractivity contribution < 1.29 is 4.79 Å². The van der Waals surface area contributed by atoms with Crippen molar-refractivity contribution in [2.75, 3.05) is 6.54 Å². The monoisotopic (exact) mass is 321 g/mol. The zero-order chi connectivity index (χ0) is 6.53. The highest BCUT2D eigenvalue weighted by molar-refractivity contribution is 8.93. The minimum absolute atomic E-state index is 0. The highest BCUT2D eigenvalue weighted by Crippen LogP contribution is 2.30. The summed E-state index contributed by atoms with van der Waals surface area (Å²) in [5, 5.41) is 4.02. The Morgan fingerprint density at radius 1 is 1.27 bits per heavy atom. The van der Waals surface area contributed by atoms with Gasteiger partial charge in [0, 0.05) is 13.0 Å². The molecule has 0 spiro atoms. The Morgan fingerprint density at radius 3 is 2.27 bits per heavy atom. The first-order chi connectivity index (χ1) is 4.43. The molecule has 1 aliphatic heterocycles. The van der Waals surface area contributed by atoms with E-state index in [9.17, 15) is 4.79 Å². The number of aldehydes is 1. The minimum atomic E-state index is 0. The predicted molar refractivity (Wildman–Crippen MR) is 62.4 cm³/mol. The molecular formula is C5H9Br2NOS2. The van der Waals surface area contributed by atoms with E-state index in [1.165, 1.54) is 0 Å². The van der Waals surface area contributed by atoms with Gasteiger partial charge in [0.25, 0.3) is 0 Å². The molecule has 1 rings (SSSR count). The van der Waals surface area contributed by atoms with E-state index in [0.717, 1.165) is 12.8 Å². The third-order valence-corrected chi connectivity index (χ3v) is 2.88. The van der Waals surface area contributed by atoms with Gasteiger partial charge in [0.15, 0.2) is 0 Å². The molecule has 0 bridgehead atoms. The van der Waals surface area contributed by atoms with Gasteiger partial charge in [0.2, 0.25) is 0 Å². The number of carbonyl (C=O) groups excluding carboxylic acids is 1. The zero-order valence-corrected chi connectivity index (χ0v) is 10.7. The van der Waals surface area contributed by atoms with E-state index < -0.39 is 0 Å². The van der Waals surface area contributed by atoms with E-state index in [4.69, 9.17) is 0 Å². The maximum Gasteiger partial charge on any atom is 0.121 e. The van der Waals surface area contributed by atoms with Crippen LogP contribution in [0.15, 0.2) is 10.8 Å². The number of rotatable bonds is 3. The fourth-order valence-corrected chi connectivity index (χ4v) is 2.06. The van der Waals surface area contributed by atoms with Gasteiger partial charge in [-0.15, -0.1) is 34.0 Å². The second-order valence-electron chi connectivity index (χ2n) is 1.49. The van der Waals surface area contributed by atoms with Crippen LogP contribution in [-0.4, -0.2) is 16.5 Å². The molecule has 0 saturated heterocycles. The van der Waals surface area contributed by atoms with Crippen molar-refractivity contribution in [3.8, 4) is 0 Å². The van der Waals surface area contributed by atoms with Crippen molar-refractivity contribution in [1.82, 2.24) is 3.71 Å². The maximum atomic E-state index is 9.90. The van der Waals surface area contributed by atoms with Crippen LogP contribution in [0.1, 0.15) is 6.42 Å². The zero-order valence-electron chi connectivity index (χ0n) is 5.63. The van der Waals surface area contributed by atoms with Crippen LogP contribution in [0.4, 0.5) is 0 Å². The normalized spacial score (nSPS) is 15.3. The van der Waals surface area contributed by atoms with Gasteiger partial charge in [-0.1, -0.05) is 0 Å². The Bertz CT molecular complexity index is 126. The summed E-state index contributed by atoms with van der Waals surface area (Å²) in [7, 11) is 0. The molecule has 11 heavy (non-hydrogen) atoms. The second kappa shape index (κ2) is 9.12. The van der Waals surface area contributed by atoms with E-state index >= 15 is 0 Å². The van der Waals surface area contributed by atoms with E-state index in [1.807, 2.05) is 10.8 Å². The van der Waals surface area contributed by atoms with E-state index in [1.54, 1.807) is 23.9 Å². The molecule has 0 aromatic rings. The van der Waals surface area contributed by atoms with Crippen LogP contribution in [0.5, 0.6) is 0 Å². The van der Waals surface area contributed by atoms with Gasteiger partial charge in [0.1, 0.15) is 6.29 Å². The predicted octanol–water partition coefficient (Wildman–Crippen LogP) is 2.81. The molecule has 6 heteroatoms. The summed E-state index contributed by atoms with van der Waals surface area (Å²) in [6.07, 6.45) is 1.57. The first-order valence-corrected chi connectivity index (χ1v) is 4.30. The Kier molecular flexibility index (Phi) is 12.1. The first-order valence-electron chi connectivity index (χ1n) is 2.63. The van der Waals surface area contributed by atoms with Gasteiger partial charge in [-0.05, 0) is 34.7 Å². The Labute approximate surface area is 96.0 Å². The average molecular weight is 323 g/mol. The molecular weight excluding hydrogens is 314 g/mol. The van der Waals surface area contributed by atoms with Crippen LogP contribution in [-0.2, 0) is 4.79 Å². The lowest BCUT2D eigenvalue weighted by Crippen LogP contribution is -2.03. The number of carbonyl (C=O) groups is 1. The molecule has 0 N–H and O–H groups in total. The molecule has 1 heterocycles. The van der Waals surface area contributed by atoms with Crippen LogP contribution in [0.3, 0.4) is 0 Å². The summed E-state index contributed by atoms with van der Waals surface area (Å²) in [5.41, 5.74) is 0. The topological polar surface area (TPSA) is 20.3 Å². The molecule has 0 unspecified atom stereocenters. The van der Waals surface area contributed by atoms with E-state index in [0.29, 0.717) is 6.42 Å². The summed E-state index contributed by atoms with van der Waals surface area (Å²) in [4.78, 5) is 9.90. The lowest BCUT2D eigenvalue weighted by atomic mass is 10.5. The molecule has 0 saturated carbocycles. The SMILES string of the molecule is Br.Br.O=CCCN1SC=CS1. The second-order valence-corrected chi connectivity index (χ2v) is 3.57. The molecule has 0 aromatic carbocycles. The number of nitrogens with zero attached hydrogens (tertiary/aromatic N) is 1. The molecule has 0 atom stereocenters. The summed E-state index contributed by atoms with van der Waals surface area (Å²) in [5.74, 6) is 0. The van der Waals surface area contributed by atoms with E-state index in [-0.39, 0.29) is 34.0 Å². The molecule has 0 aliphatic carbocycles. The highest BCUT2D eigenvalue weighted by Gasteiger charge is 2.05. The minimum Gasteiger partial charge on any atom is -0.303 e. The quantitative estimate of drug-likeness (QED) is 0.588. The van der Waals surface area contributed by atoms with Crippen LogP contribution in [0.25, 0.3) is 0 Å². The standard InChI is InChI=1S/C5H7NOS2.2BrH/c7-3-1-2-6-8-4-5-9-6;;/h3-5H,1-2H2;2*1H. The van der Waals surface area contributed by atoms with Crippen LogP contribution in [0, 0.1) is 0 Å². The van der Waals surface area contributed by atoms with Crippen LogP contribution >= 0.6 is 57.9 Å². The lowest BCUT2D eigenvalue weighted by Gasteiger charge is -2.07. The number of hydrogen-bond acceptors (Lipinski definition) is 4. The first kappa shape index (κ1) is 14.5. The van der Waals surface area contributed by atoms with Gasteiger partial charge < -0.3 is 4.79 Å². The summed E-state index contributed by atoms with van der Waals surface area (Å²) in [6, 6.07) is 0. The Balaban J connectivity index is 0. The number of hydrogen-bond donors (Lipinski definition) is 0. The fraction of sp³-hybridized carbons (Fsp3) is 0.400. The molecule has 0 fully saturated rings. The van der Waals surface area contributed by atoms with Gasteiger partial charge in [-0.25, -0.2) is 0 Å². The average Bonchev–Trinajstić information content (AvgIpc) is 2.34. The van der Waals surface area contributed by atoms with Crippen molar-refractivity contribution in [3.05, 3.63) is 10.8 Å². The number of halogens is 2. The molecule has 0 aromatic heterocycles. The molecule has 66 valence electrons. The van der Waals surface area contributed by atoms with Gasteiger partial charge in [-0.3, -0.25) is 0 Å². The van der Waals surface area contributed by atoms with E-state index in [2.05, 4.69) is 3.71 Å². The maximum absolute atomic E-state index is 9.90. The van der Waals surface area contributed by atoms with Crippen molar-refractivity contribution in [3.63, 3.8) is 0 Å². The Hall–Kier alpha value is 1.03. The smallest absolute Gasteiger partial charge is 0.121 e. The third-order valence-electron chi connectivity index (χ3n) is 0.842. The Morgan fingerprint density at radius 2 is 1.82 bits per heavy atom. The summed E-state index contributed by atoms with van der Waals surface area (Å²) < 4.78 is 2.06. The van der Waals surface area contributed by atoms with Crippen LogP contribution < -0.4 is 0 Å². The van der Waals surface area contributed by atoms with Gasteiger partial charge in [0.05, 0.1) is 0 Å². The van der Waals surface area contributed by atoms with Gasteiger partial charge in [-0.2, -0.15) is 3.71 Å². The molecule has 0 amide bonds. The van der Waals surface area contributed by atoms with Crippen molar-refractivity contribution in [2.45, 2.75) is 6.42 Å². The highest BCUT2D eigenvalue weighted by atomic mass is 79.9. The van der Waals surface area contributed by atoms with Crippen molar-refractivity contribution >= 4 is 64.1 Å². The van der Waals surface area contributed by atoms with Gasteiger partial charge >= 0.3 is 0 Å². The molecule has 0 radical (unpaired) electrons. The fourth-order valence-electron chi connectivity index (χ4n) is 0.474. The molecule has 1 aliphatic rings. The summed E-state index contributed by atoms with van der Waals surface area (Å²) >= 11 is 3.28. The molecule has 2 nitrogen and oxygen atoms in total.